The Morgan fingerprint density at radius 3 is 2.79 bits per heavy atom. The first-order valence-electron chi connectivity index (χ1n) is 10.7. The van der Waals surface area contributed by atoms with Crippen molar-refractivity contribution < 1.29 is 9.21 Å². The molecule has 0 aliphatic carbocycles. The van der Waals surface area contributed by atoms with Crippen LogP contribution in [0.5, 0.6) is 0 Å². The number of carbonyl (C=O) groups excluding carboxylic acids is 1. The number of nitrogens with zero attached hydrogens (tertiary/aromatic N) is 3. The zero-order valence-corrected chi connectivity index (χ0v) is 17.3. The van der Waals surface area contributed by atoms with Gasteiger partial charge in [0.2, 0.25) is 5.91 Å². The summed E-state index contributed by atoms with van der Waals surface area (Å²) in [6.07, 6.45) is 6.25. The Labute approximate surface area is 167 Å². The number of amides is 1. The fourth-order valence-electron chi connectivity index (χ4n) is 4.92. The third-order valence-electron chi connectivity index (χ3n) is 6.67. The maximum absolute atomic E-state index is 12.7. The van der Waals surface area contributed by atoms with Gasteiger partial charge in [0.15, 0.2) is 0 Å². The first-order chi connectivity index (χ1) is 13.5. The summed E-state index contributed by atoms with van der Waals surface area (Å²) in [5, 5.41) is 0. The van der Waals surface area contributed by atoms with E-state index in [-0.39, 0.29) is 11.4 Å². The molecular weight excluding hydrogens is 352 g/mol. The van der Waals surface area contributed by atoms with Crippen LogP contribution in [0.3, 0.4) is 0 Å². The molecule has 1 spiro atoms. The lowest BCUT2D eigenvalue weighted by Gasteiger charge is -2.50. The van der Waals surface area contributed by atoms with Crippen molar-refractivity contribution in [3.05, 3.63) is 41.4 Å². The van der Waals surface area contributed by atoms with Gasteiger partial charge in [-0.15, -0.1) is 0 Å². The number of rotatable bonds is 5. The smallest absolute Gasteiger partial charge is 0.223 e. The van der Waals surface area contributed by atoms with E-state index in [0.29, 0.717) is 12.3 Å². The van der Waals surface area contributed by atoms with Crippen molar-refractivity contribution in [3.8, 4) is 0 Å². The van der Waals surface area contributed by atoms with Gasteiger partial charge in [0.25, 0.3) is 0 Å². The summed E-state index contributed by atoms with van der Waals surface area (Å²) >= 11 is 0. The molecule has 1 fully saturated rings. The predicted octanol–water partition coefficient (Wildman–Crippen LogP) is 3.59. The molecule has 6 nitrogen and oxygen atoms in total. The van der Waals surface area contributed by atoms with Crippen molar-refractivity contribution >= 4 is 5.91 Å². The van der Waals surface area contributed by atoms with Gasteiger partial charge < -0.3 is 19.2 Å². The normalized spacial score (nSPS) is 20.3. The summed E-state index contributed by atoms with van der Waals surface area (Å²) in [5.74, 6) is 2.74. The highest BCUT2D eigenvalue weighted by Crippen LogP contribution is 2.42. The molecule has 1 N–H and O–H groups in total. The van der Waals surface area contributed by atoms with Crippen molar-refractivity contribution in [3.63, 3.8) is 0 Å². The molecule has 2 aromatic heterocycles. The van der Waals surface area contributed by atoms with Gasteiger partial charge >= 0.3 is 0 Å². The van der Waals surface area contributed by atoms with Crippen LogP contribution in [0.1, 0.15) is 68.4 Å². The van der Waals surface area contributed by atoms with Crippen LogP contribution in [0.4, 0.5) is 0 Å². The van der Waals surface area contributed by atoms with E-state index in [4.69, 9.17) is 4.42 Å². The van der Waals surface area contributed by atoms with E-state index in [1.54, 1.807) is 6.33 Å². The van der Waals surface area contributed by atoms with Gasteiger partial charge in [0, 0.05) is 44.1 Å². The number of piperidine rings is 1. The molecule has 0 aromatic carbocycles. The van der Waals surface area contributed by atoms with Crippen molar-refractivity contribution in [2.24, 2.45) is 0 Å². The third-order valence-corrected chi connectivity index (χ3v) is 6.67. The molecular formula is C22H32N4O2. The minimum atomic E-state index is -0.221. The Morgan fingerprint density at radius 1 is 1.32 bits per heavy atom. The highest BCUT2D eigenvalue weighted by molar-refractivity contribution is 5.77. The number of nitrogens with one attached hydrogen (secondary N) is 1. The zero-order valence-electron chi connectivity index (χ0n) is 17.3. The topological polar surface area (TPSA) is 65.4 Å². The molecule has 2 aromatic rings. The number of imidazole rings is 1. The average Bonchev–Trinajstić information content (AvgIpc) is 3.36. The van der Waals surface area contributed by atoms with Gasteiger partial charge in [-0.3, -0.25) is 4.79 Å². The standard InChI is InChI=1S/C22H32N4O2/c1-4-20(27)26-12-8-18-21(24-15-23-18)22(26)9-13-25(14-10-22)11-7-16(2)19-6-5-17(3)28-19/h5-6,15-16H,4,7-14H2,1-3H3,(H,23,24)/t16-/m1/s1. The summed E-state index contributed by atoms with van der Waals surface area (Å²) in [5.41, 5.74) is 2.11. The second-order valence-electron chi connectivity index (χ2n) is 8.39. The SMILES string of the molecule is CCC(=O)N1CCc2[nH]cnc2C12CCN(CC[C@@H](C)c1ccc(C)o1)CC2. The third kappa shape index (κ3) is 3.39. The molecule has 2 aliphatic heterocycles. The average molecular weight is 385 g/mol. The monoisotopic (exact) mass is 384 g/mol. The molecule has 28 heavy (non-hydrogen) atoms. The molecule has 4 rings (SSSR count). The molecule has 2 aliphatic rings. The maximum atomic E-state index is 12.7. The largest absolute Gasteiger partial charge is 0.466 e. The van der Waals surface area contributed by atoms with Crippen LogP contribution >= 0.6 is 0 Å². The quantitative estimate of drug-likeness (QED) is 0.856. The number of likely N-dealkylation sites (tertiary alicyclic amines) is 1. The Balaban J connectivity index is 1.42. The van der Waals surface area contributed by atoms with Crippen LogP contribution in [0, 0.1) is 6.92 Å². The molecule has 6 heteroatoms. The number of fused-ring (bicyclic) bond motifs is 2. The lowest BCUT2D eigenvalue weighted by atomic mass is 9.78. The van der Waals surface area contributed by atoms with Crippen molar-refractivity contribution in [1.29, 1.82) is 0 Å². The van der Waals surface area contributed by atoms with Gasteiger partial charge in [-0.25, -0.2) is 4.98 Å². The van der Waals surface area contributed by atoms with Gasteiger partial charge in [-0.2, -0.15) is 0 Å². The first-order valence-corrected chi connectivity index (χ1v) is 10.7. The Morgan fingerprint density at radius 2 is 2.11 bits per heavy atom. The summed E-state index contributed by atoms with van der Waals surface area (Å²) in [4.78, 5) is 25.3. The summed E-state index contributed by atoms with van der Waals surface area (Å²) < 4.78 is 5.78. The number of aryl methyl sites for hydroxylation is 1. The molecule has 152 valence electrons. The Hall–Kier alpha value is -2.08. The van der Waals surface area contributed by atoms with Gasteiger partial charge in [-0.1, -0.05) is 13.8 Å². The van der Waals surface area contributed by atoms with Crippen molar-refractivity contribution in [1.82, 2.24) is 19.8 Å². The molecule has 1 saturated heterocycles. The number of hydrogen-bond acceptors (Lipinski definition) is 4. The molecule has 0 unspecified atom stereocenters. The number of aromatic amines is 1. The molecule has 1 amide bonds. The van der Waals surface area contributed by atoms with E-state index < -0.39 is 0 Å². The van der Waals surface area contributed by atoms with E-state index in [1.165, 1.54) is 5.69 Å². The highest BCUT2D eigenvalue weighted by Gasteiger charge is 2.48. The maximum Gasteiger partial charge on any atom is 0.223 e. The van der Waals surface area contributed by atoms with Crippen LogP contribution in [-0.4, -0.2) is 51.9 Å². The van der Waals surface area contributed by atoms with Crippen LogP contribution in [0.2, 0.25) is 0 Å². The zero-order chi connectivity index (χ0) is 19.7. The number of aromatic nitrogens is 2. The van der Waals surface area contributed by atoms with Crippen molar-refractivity contribution in [2.75, 3.05) is 26.2 Å². The van der Waals surface area contributed by atoms with E-state index in [0.717, 1.165) is 69.1 Å². The van der Waals surface area contributed by atoms with Crippen LogP contribution < -0.4 is 0 Å². The van der Waals surface area contributed by atoms with Gasteiger partial charge in [0.05, 0.1) is 17.6 Å². The minimum absolute atomic E-state index is 0.221. The molecule has 0 bridgehead atoms. The summed E-state index contributed by atoms with van der Waals surface area (Å²) in [6.45, 7) is 10.1. The Kier molecular flexibility index (Phi) is 5.32. The number of hydrogen-bond donors (Lipinski definition) is 1. The second-order valence-corrected chi connectivity index (χ2v) is 8.39. The van der Waals surface area contributed by atoms with Crippen molar-refractivity contribution in [2.45, 2.75) is 64.3 Å². The van der Waals surface area contributed by atoms with Crippen LogP contribution in [-0.2, 0) is 16.8 Å². The van der Waals surface area contributed by atoms with Crippen LogP contribution in [0.15, 0.2) is 22.9 Å². The number of carbonyl (C=O) groups is 1. The Bertz CT molecular complexity index is 816. The molecule has 4 heterocycles. The predicted molar refractivity (Wildman–Crippen MR) is 108 cm³/mol. The van der Waals surface area contributed by atoms with Gasteiger partial charge in [-0.05, 0) is 44.9 Å². The lowest BCUT2D eigenvalue weighted by Crippen LogP contribution is -2.58. The summed E-state index contributed by atoms with van der Waals surface area (Å²) in [6, 6.07) is 4.14. The number of H-pyrrole nitrogens is 1. The molecule has 0 saturated carbocycles. The van der Waals surface area contributed by atoms with Crippen LogP contribution in [0.25, 0.3) is 0 Å². The molecule has 0 radical (unpaired) electrons. The van der Waals surface area contributed by atoms with Gasteiger partial charge in [0.1, 0.15) is 11.5 Å². The lowest BCUT2D eigenvalue weighted by molar-refractivity contribution is -0.141. The fraction of sp³-hybridized carbons (Fsp3) is 0.636. The molecule has 1 atom stereocenters. The first kappa shape index (κ1) is 19.2. The van der Waals surface area contributed by atoms with E-state index in [2.05, 4.69) is 32.8 Å². The number of furan rings is 1. The van der Waals surface area contributed by atoms with E-state index >= 15 is 0 Å². The highest BCUT2D eigenvalue weighted by atomic mass is 16.3. The van der Waals surface area contributed by atoms with E-state index in [9.17, 15) is 4.79 Å². The second kappa shape index (κ2) is 7.74. The van der Waals surface area contributed by atoms with E-state index in [1.807, 2.05) is 19.9 Å². The summed E-state index contributed by atoms with van der Waals surface area (Å²) in [7, 11) is 0. The fourth-order valence-corrected chi connectivity index (χ4v) is 4.92. The minimum Gasteiger partial charge on any atom is -0.466 e.